The molecule has 0 rings (SSSR count). The van der Waals surface area contributed by atoms with Gasteiger partial charge in [-0.15, -0.1) is 0 Å². The Kier molecular flexibility index (Phi) is 11.5. The minimum atomic E-state index is -0.528. The Morgan fingerprint density at radius 1 is 1.19 bits per heavy atom. The van der Waals surface area contributed by atoms with Gasteiger partial charge in [-0.25, -0.2) is 0 Å². The fourth-order valence-corrected chi connectivity index (χ4v) is 3.69. The number of ketones is 1. The van der Waals surface area contributed by atoms with Crippen molar-refractivity contribution in [3.05, 3.63) is 0 Å². The molecule has 6 nitrogen and oxygen atoms in total. The van der Waals surface area contributed by atoms with Gasteiger partial charge in [-0.05, 0) is 6.42 Å². The molecule has 0 aromatic rings. The zero-order chi connectivity index (χ0) is 16.3. The first-order valence-corrected chi connectivity index (χ1v) is 9.50. The van der Waals surface area contributed by atoms with Gasteiger partial charge in [0.25, 0.3) is 0 Å². The molecule has 0 aromatic carbocycles. The van der Waals surface area contributed by atoms with E-state index in [-0.39, 0.29) is 18.1 Å². The lowest BCUT2D eigenvalue weighted by Crippen LogP contribution is -2.45. The lowest BCUT2D eigenvalue weighted by molar-refractivity contribution is -0.132. The Morgan fingerprint density at radius 2 is 1.86 bits per heavy atom. The Labute approximate surface area is 133 Å². The molecule has 2 atom stereocenters. The molecular formula is C13H25N3O3S2. The van der Waals surface area contributed by atoms with E-state index >= 15 is 0 Å². The average molecular weight is 335 g/mol. The van der Waals surface area contributed by atoms with Crippen molar-refractivity contribution in [3.8, 4) is 0 Å². The van der Waals surface area contributed by atoms with Gasteiger partial charge < -0.3 is 16.8 Å². The minimum Gasteiger partial charge on any atom is -0.370 e. The number of nitrogens with two attached hydrogens (primary N) is 2. The first-order valence-electron chi connectivity index (χ1n) is 7.02. The van der Waals surface area contributed by atoms with Crippen LogP contribution in [0.15, 0.2) is 0 Å². The van der Waals surface area contributed by atoms with Crippen LogP contribution in [-0.2, 0) is 14.4 Å². The molecule has 0 heterocycles. The average Bonchev–Trinajstić information content (AvgIpc) is 2.46. The van der Waals surface area contributed by atoms with Crippen molar-refractivity contribution >= 4 is 39.2 Å². The number of carbonyl (C=O) groups is 3. The molecule has 8 heteroatoms. The van der Waals surface area contributed by atoms with E-state index in [1.165, 1.54) is 10.8 Å². The molecule has 2 amide bonds. The van der Waals surface area contributed by atoms with Crippen LogP contribution in [0.2, 0.25) is 0 Å². The number of carbonyl (C=O) groups excluding carboxylic acids is 3. The van der Waals surface area contributed by atoms with Gasteiger partial charge in [-0.2, -0.15) is 0 Å². The fourth-order valence-electron chi connectivity index (χ4n) is 1.64. The van der Waals surface area contributed by atoms with Crippen LogP contribution in [0.3, 0.4) is 0 Å². The maximum atomic E-state index is 12.1. The Morgan fingerprint density at radius 3 is 2.33 bits per heavy atom. The topological polar surface area (TPSA) is 115 Å². The van der Waals surface area contributed by atoms with Crippen molar-refractivity contribution in [1.82, 2.24) is 5.32 Å². The van der Waals surface area contributed by atoms with Crippen LogP contribution in [0.5, 0.6) is 0 Å². The molecular weight excluding hydrogens is 310 g/mol. The van der Waals surface area contributed by atoms with Crippen LogP contribution in [-0.4, -0.2) is 41.7 Å². The Hall–Kier alpha value is -0.730. The Balaban J connectivity index is 4.52. The second-order valence-electron chi connectivity index (χ2n) is 4.55. The van der Waals surface area contributed by atoms with E-state index in [1.807, 2.05) is 6.92 Å². The van der Waals surface area contributed by atoms with Crippen LogP contribution in [0.25, 0.3) is 0 Å². The molecule has 0 aliphatic rings. The van der Waals surface area contributed by atoms with Crippen molar-refractivity contribution in [1.29, 1.82) is 0 Å². The normalized spacial score (nSPS) is 13.5. The third-order valence-corrected chi connectivity index (χ3v) is 5.33. The maximum absolute atomic E-state index is 12.1. The van der Waals surface area contributed by atoms with Crippen molar-refractivity contribution in [2.24, 2.45) is 17.4 Å². The summed E-state index contributed by atoms with van der Waals surface area (Å²) < 4.78 is 0. The highest BCUT2D eigenvalue weighted by Crippen LogP contribution is 2.22. The second-order valence-corrected chi connectivity index (χ2v) is 7.18. The van der Waals surface area contributed by atoms with Crippen LogP contribution in [0.4, 0.5) is 0 Å². The summed E-state index contributed by atoms with van der Waals surface area (Å²) in [5, 5.41) is 2.74. The maximum Gasteiger partial charge on any atom is 0.224 e. The molecule has 0 radical (unpaired) electrons. The molecule has 122 valence electrons. The molecule has 0 spiro atoms. The zero-order valence-electron chi connectivity index (χ0n) is 12.6. The Bertz CT molecular complexity index is 354. The van der Waals surface area contributed by atoms with Gasteiger partial charge in [0.15, 0.2) is 5.78 Å². The van der Waals surface area contributed by atoms with Gasteiger partial charge in [0.05, 0.1) is 6.04 Å². The molecule has 21 heavy (non-hydrogen) atoms. The van der Waals surface area contributed by atoms with E-state index in [0.717, 1.165) is 5.75 Å². The first-order chi connectivity index (χ1) is 9.96. The molecule has 0 aliphatic heterocycles. The molecule has 0 unspecified atom stereocenters. The van der Waals surface area contributed by atoms with Gasteiger partial charge in [0.1, 0.15) is 0 Å². The number of hydrogen-bond acceptors (Lipinski definition) is 6. The number of amides is 2. The monoisotopic (exact) mass is 335 g/mol. The fraction of sp³-hybridized carbons (Fsp3) is 0.769. The number of hydrogen-bond donors (Lipinski definition) is 3. The number of nitrogens with one attached hydrogen (secondary N) is 1. The molecule has 0 fully saturated rings. The molecule has 0 aliphatic carbocycles. The summed E-state index contributed by atoms with van der Waals surface area (Å²) in [4.78, 5) is 35.0. The van der Waals surface area contributed by atoms with Crippen molar-refractivity contribution in [2.45, 2.75) is 39.2 Å². The van der Waals surface area contributed by atoms with Crippen LogP contribution < -0.4 is 16.8 Å². The van der Waals surface area contributed by atoms with E-state index in [1.54, 1.807) is 17.7 Å². The molecule has 5 N–H and O–H groups in total. The molecule has 0 saturated carbocycles. The standard InChI is InChI=1S/C13H25N3O3S2/c1-3-9(7-12(15)18)13(19)16-10(11(17)4-2)8-21-20-6-5-14/h9-10H,3-8,14H2,1-2H3,(H2,15,18)(H,16,19)/t9-,10+/m0/s1. The van der Waals surface area contributed by atoms with Crippen LogP contribution >= 0.6 is 21.6 Å². The third-order valence-electron chi connectivity index (χ3n) is 2.88. The lowest BCUT2D eigenvalue weighted by Gasteiger charge is -2.20. The summed E-state index contributed by atoms with van der Waals surface area (Å²) in [5.74, 6) is 0.00584. The predicted molar refractivity (Wildman–Crippen MR) is 88.8 cm³/mol. The molecule has 0 bridgehead atoms. The second kappa shape index (κ2) is 11.9. The van der Waals surface area contributed by atoms with E-state index in [9.17, 15) is 14.4 Å². The minimum absolute atomic E-state index is 0.00440. The van der Waals surface area contributed by atoms with Crippen molar-refractivity contribution in [2.75, 3.05) is 18.1 Å². The van der Waals surface area contributed by atoms with Gasteiger partial charge in [0.2, 0.25) is 11.8 Å². The van der Waals surface area contributed by atoms with Crippen LogP contribution in [0.1, 0.15) is 33.1 Å². The first kappa shape index (κ1) is 20.3. The number of Topliss-reactive ketones (excluding diaryl/α,β-unsaturated/α-hetero) is 1. The third kappa shape index (κ3) is 9.00. The SMILES string of the molecule is CCC(=O)[C@@H](CSSCCN)NC(=O)[C@@H](CC)CC(N)=O. The summed E-state index contributed by atoms with van der Waals surface area (Å²) >= 11 is 0. The van der Waals surface area contributed by atoms with Gasteiger partial charge in [-0.1, -0.05) is 35.4 Å². The van der Waals surface area contributed by atoms with E-state index in [0.29, 0.717) is 25.1 Å². The summed E-state index contributed by atoms with van der Waals surface area (Å²) in [7, 11) is 3.09. The van der Waals surface area contributed by atoms with Crippen LogP contribution in [0, 0.1) is 5.92 Å². The number of primary amides is 1. The van der Waals surface area contributed by atoms with Gasteiger partial charge >= 0.3 is 0 Å². The number of rotatable bonds is 12. The van der Waals surface area contributed by atoms with Crippen molar-refractivity contribution < 1.29 is 14.4 Å². The summed E-state index contributed by atoms with van der Waals surface area (Å²) in [6.45, 7) is 4.16. The largest absolute Gasteiger partial charge is 0.370 e. The quantitative estimate of drug-likeness (QED) is 0.357. The van der Waals surface area contributed by atoms with E-state index in [2.05, 4.69) is 5.32 Å². The highest BCUT2D eigenvalue weighted by atomic mass is 33.1. The molecule has 0 saturated heterocycles. The lowest BCUT2D eigenvalue weighted by atomic mass is 10.00. The smallest absolute Gasteiger partial charge is 0.224 e. The summed E-state index contributed by atoms with van der Waals surface area (Å²) in [6, 6.07) is -0.528. The zero-order valence-corrected chi connectivity index (χ0v) is 14.2. The summed E-state index contributed by atoms with van der Waals surface area (Å²) in [6.07, 6.45) is 0.876. The predicted octanol–water partition coefficient (Wildman–Crippen LogP) is 0.692. The summed E-state index contributed by atoms with van der Waals surface area (Å²) in [5.41, 5.74) is 10.5. The molecule has 0 aromatic heterocycles. The van der Waals surface area contributed by atoms with Gasteiger partial charge in [0, 0.05) is 36.8 Å². The van der Waals surface area contributed by atoms with E-state index < -0.39 is 17.9 Å². The van der Waals surface area contributed by atoms with E-state index in [4.69, 9.17) is 11.5 Å². The van der Waals surface area contributed by atoms with Crippen molar-refractivity contribution in [3.63, 3.8) is 0 Å². The highest BCUT2D eigenvalue weighted by molar-refractivity contribution is 8.76. The highest BCUT2D eigenvalue weighted by Gasteiger charge is 2.24. The van der Waals surface area contributed by atoms with Gasteiger partial charge in [-0.3, -0.25) is 14.4 Å².